The molecular weight excluding hydrogens is 368 g/mol. The normalized spacial score (nSPS) is 10.0. The molecule has 0 saturated heterocycles. The molecule has 0 radical (unpaired) electrons. The highest BCUT2D eigenvalue weighted by atomic mass is 16.6. The van der Waals surface area contributed by atoms with Crippen LogP contribution in [0.2, 0.25) is 0 Å². The van der Waals surface area contributed by atoms with Crippen LogP contribution in [0.1, 0.15) is 16.1 Å². The number of benzene rings is 1. The van der Waals surface area contributed by atoms with Crippen LogP contribution in [0.15, 0.2) is 47.1 Å². The number of carbonyl (C=O) groups excluding carboxylic acids is 4. The number of carbonyl (C=O) groups is 4. The number of hydrogen-bond acceptors (Lipinski definition) is 7. The summed E-state index contributed by atoms with van der Waals surface area (Å²) in [6.07, 6.45) is 2.10. The molecule has 148 valence electrons. The molecule has 2 aromatic rings. The molecule has 0 aliphatic carbocycles. The molecule has 0 saturated carbocycles. The van der Waals surface area contributed by atoms with Crippen molar-refractivity contribution >= 4 is 24.1 Å². The van der Waals surface area contributed by atoms with Crippen molar-refractivity contribution in [2.45, 2.75) is 6.54 Å². The number of hydrogen-bond donors (Lipinski definition) is 1. The zero-order chi connectivity index (χ0) is 20.4. The lowest BCUT2D eigenvalue weighted by Crippen LogP contribution is -2.40. The fraction of sp³-hybridized carbons (Fsp3) is 0.263. The number of nitrogens with zero attached hydrogens (tertiary/aromatic N) is 1. The maximum absolute atomic E-state index is 12.0. The van der Waals surface area contributed by atoms with E-state index in [4.69, 9.17) is 13.9 Å². The van der Waals surface area contributed by atoms with Crippen molar-refractivity contribution in [2.75, 3.05) is 26.8 Å². The largest absolute Gasteiger partial charge is 0.481 e. The van der Waals surface area contributed by atoms with E-state index in [0.717, 1.165) is 4.90 Å². The molecule has 0 aliphatic heterocycles. The van der Waals surface area contributed by atoms with E-state index in [2.05, 4.69) is 5.32 Å². The van der Waals surface area contributed by atoms with Crippen molar-refractivity contribution < 1.29 is 33.1 Å². The molecule has 0 spiro atoms. The van der Waals surface area contributed by atoms with E-state index in [-0.39, 0.29) is 24.7 Å². The quantitative estimate of drug-likeness (QED) is 0.473. The van der Waals surface area contributed by atoms with Gasteiger partial charge in [-0.05, 0) is 24.3 Å². The Bertz CT molecular complexity index is 817. The topological polar surface area (TPSA) is 115 Å². The highest BCUT2D eigenvalue weighted by Crippen LogP contribution is 2.15. The number of furan rings is 1. The van der Waals surface area contributed by atoms with Gasteiger partial charge in [-0.25, -0.2) is 4.79 Å². The summed E-state index contributed by atoms with van der Waals surface area (Å²) in [5, 5.41) is 2.60. The molecule has 1 N–H and O–H groups in total. The van der Waals surface area contributed by atoms with Crippen molar-refractivity contribution in [3.05, 3.63) is 54.0 Å². The van der Waals surface area contributed by atoms with Crippen molar-refractivity contribution in [3.63, 3.8) is 0 Å². The van der Waals surface area contributed by atoms with Crippen LogP contribution in [0.25, 0.3) is 0 Å². The first-order valence-corrected chi connectivity index (χ1v) is 8.35. The summed E-state index contributed by atoms with van der Waals surface area (Å²) < 4.78 is 15.1. The van der Waals surface area contributed by atoms with E-state index in [0.29, 0.717) is 17.6 Å². The van der Waals surface area contributed by atoms with Crippen LogP contribution in [0, 0.1) is 0 Å². The molecule has 9 nitrogen and oxygen atoms in total. The van der Waals surface area contributed by atoms with E-state index in [1.165, 1.54) is 19.4 Å². The number of ether oxygens (including phenoxy) is 2. The summed E-state index contributed by atoms with van der Waals surface area (Å²) in [5.41, 5.74) is 0.298. The Morgan fingerprint density at radius 1 is 1.14 bits per heavy atom. The lowest BCUT2D eigenvalue weighted by atomic mass is 10.2. The van der Waals surface area contributed by atoms with Crippen LogP contribution < -0.4 is 10.1 Å². The van der Waals surface area contributed by atoms with Gasteiger partial charge in [-0.2, -0.15) is 0 Å². The van der Waals surface area contributed by atoms with E-state index in [1.807, 2.05) is 0 Å². The van der Waals surface area contributed by atoms with Crippen LogP contribution in [0.3, 0.4) is 0 Å². The minimum atomic E-state index is -0.773. The highest BCUT2D eigenvalue weighted by Gasteiger charge is 2.16. The highest BCUT2D eigenvalue weighted by molar-refractivity contribution is 5.86. The Labute approximate surface area is 161 Å². The van der Waals surface area contributed by atoms with Crippen LogP contribution >= 0.6 is 0 Å². The Balaban J connectivity index is 1.67. The summed E-state index contributed by atoms with van der Waals surface area (Å²) in [4.78, 5) is 47.5. The van der Waals surface area contributed by atoms with Gasteiger partial charge in [-0.1, -0.05) is 12.1 Å². The zero-order valence-corrected chi connectivity index (χ0v) is 15.3. The molecule has 9 heteroatoms. The Morgan fingerprint density at radius 2 is 1.93 bits per heavy atom. The van der Waals surface area contributed by atoms with Crippen molar-refractivity contribution in [1.29, 1.82) is 0 Å². The molecule has 28 heavy (non-hydrogen) atoms. The molecule has 1 heterocycles. The average molecular weight is 388 g/mol. The molecule has 0 unspecified atom stereocenters. The third kappa shape index (κ3) is 6.60. The summed E-state index contributed by atoms with van der Waals surface area (Å²) in [7, 11) is 1.42. The third-order valence-electron chi connectivity index (χ3n) is 3.59. The second-order valence-corrected chi connectivity index (χ2v) is 5.71. The molecule has 2 rings (SSSR count). The predicted octanol–water partition coefficient (Wildman–Crippen LogP) is 0.789. The lowest BCUT2D eigenvalue weighted by Gasteiger charge is -2.16. The van der Waals surface area contributed by atoms with E-state index < -0.39 is 25.1 Å². The van der Waals surface area contributed by atoms with Crippen LogP contribution in [0.5, 0.6) is 5.75 Å². The zero-order valence-electron chi connectivity index (χ0n) is 15.3. The molecule has 0 aliphatic rings. The van der Waals surface area contributed by atoms with Gasteiger partial charge < -0.3 is 24.1 Å². The van der Waals surface area contributed by atoms with Crippen LogP contribution in [0.4, 0.5) is 0 Å². The lowest BCUT2D eigenvalue weighted by molar-refractivity contribution is -0.153. The first-order chi connectivity index (χ1) is 13.5. The maximum Gasteiger partial charge on any atom is 0.344 e. The number of amides is 2. The van der Waals surface area contributed by atoms with Crippen LogP contribution in [-0.4, -0.2) is 55.8 Å². The third-order valence-corrected chi connectivity index (χ3v) is 3.59. The SMILES string of the molecule is CN(CC(=O)NCc1ccco1)C(=O)COC(=O)COc1ccccc1C=O. The fourth-order valence-electron chi connectivity index (χ4n) is 2.10. The van der Waals surface area contributed by atoms with Crippen LogP contribution in [-0.2, 0) is 25.7 Å². The van der Waals surface area contributed by atoms with Gasteiger partial charge in [0, 0.05) is 7.05 Å². The molecular formula is C19H20N2O7. The maximum atomic E-state index is 12.0. The minimum absolute atomic E-state index is 0.194. The summed E-state index contributed by atoms with van der Waals surface area (Å²) in [5.74, 6) is -0.870. The molecule has 1 aromatic carbocycles. The van der Waals surface area contributed by atoms with E-state index >= 15 is 0 Å². The summed E-state index contributed by atoms with van der Waals surface area (Å²) in [6.45, 7) is -0.965. The first kappa shape index (κ1) is 20.7. The van der Waals surface area contributed by atoms with Gasteiger partial charge in [-0.15, -0.1) is 0 Å². The van der Waals surface area contributed by atoms with Crippen molar-refractivity contribution in [2.24, 2.45) is 0 Å². The number of aldehydes is 1. The standard InChI is InChI=1S/C19H20N2O7/c1-21(10-17(23)20-9-15-6-4-8-26-15)18(24)12-28-19(25)13-27-16-7-3-2-5-14(16)11-22/h2-8,11H,9-10,12-13H2,1H3,(H,20,23). The number of nitrogens with one attached hydrogen (secondary N) is 1. The number of esters is 1. The Morgan fingerprint density at radius 3 is 2.64 bits per heavy atom. The number of rotatable bonds is 10. The molecule has 1 aromatic heterocycles. The summed E-state index contributed by atoms with van der Waals surface area (Å²) in [6, 6.07) is 9.81. The van der Waals surface area contributed by atoms with E-state index in [1.54, 1.807) is 30.3 Å². The van der Waals surface area contributed by atoms with E-state index in [9.17, 15) is 19.2 Å². The average Bonchev–Trinajstić information content (AvgIpc) is 3.22. The molecule has 0 atom stereocenters. The van der Waals surface area contributed by atoms with Gasteiger partial charge in [0.2, 0.25) is 5.91 Å². The molecule has 2 amide bonds. The predicted molar refractivity (Wildman–Crippen MR) is 96.5 cm³/mol. The van der Waals surface area contributed by atoms with Gasteiger partial charge in [0.05, 0.1) is 24.9 Å². The van der Waals surface area contributed by atoms with Gasteiger partial charge in [-0.3, -0.25) is 14.4 Å². The number of likely N-dealkylation sites (N-methyl/N-ethyl adjacent to an activating group) is 1. The molecule has 0 fully saturated rings. The summed E-state index contributed by atoms with van der Waals surface area (Å²) >= 11 is 0. The van der Waals surface area contributed by atoms with Crippen molar-refractivity contribution in [3.8, 4) is 5.75 Å². The van der Waals surface area contributed by atoms with Gasteiger partial charge in [0.25, 0.3) is 5.91 Å². The first-order valence-electron chi connectivity index (χ1n) is 8.35. The second kappa shape index (κ2) is 10.5. The number of para-hydroxylation sites is 1. The Kier molecular flexibility index (Phi) is 7.77. The van der Waals surface area contributed by atoms with Gasteiger partial charge in [0.15, 0.2) is 19.5 Å². The molecule has 0 bridgehead atoms. The smallest absolute Gasteiger partial charge is 0.344 e. The van der Waals surface area contributed by atoms with Gasteiger partial charge >= 0.3 is 5.97 Å². The minimum Gasteiger partial charge on any atom is -0.481 e. The monoisotopic (exact) mass is 388 g/mol. The van der Waals surface area contributed by atoms with Crippen molar-refractivity contribution in [1.82, 2.24) is 10.2 Å². The van der Waals surface area contributed by atoms with Gasteiger partial charge in [0.1, 0.15) is 11.5 Å². The second-order valence-electron chi connectivity index (χ2n) is 5.71. The fourth-order valence-corrected chi connectivity index (χ4v) is 2.10. The Hall–Kier alpha value is -3.62.